The Labute approximate surface area is 108 Å². The van der Waals surface area contributed by atoms with Crippen molar-refractivity contribution < 1.29 is 4.52 Å². The van der Waals surface area contributed by atoms with Crippen molar-refractivity contribution in [1.29, 1.82) is 0 Å². The summed E-state index contributed by atoms with van der Waals surface area (Å²) in [5, 5.41) is 7.35. The minimum Gasteiger partial charge on any atom is -0.360 e. The van der Waals surface area contributed by atoms with Crippen LogP contribution in [0.2, 0.25) is 0 Å². The van der Waals surface area contributed by atoms with E-state index in [1.165, 1.54) is 16.7 Å². The topological polar surface area (TPSA) is 38.1 Å². The van der Waals surface area contributed by atoms with Gasteiger partial charge in [0.2, 0.25) is 0 Å². The Morgan fingerprint density at radius 2 is 2.00 bits per heavy atom. The molecule has 0 aliphatic carbocycles. The van der Waals surface area contributed by atoms with E-state index in [2.05, 4.69) is 49.4 Å². The number of rotatable bonds is 4. The molecule has 1 atom stereocenters. The van der Waals surface area contributed by atoms with E-state index in [9.17, 15) is 0 Å². The molecule has 96 valence electrons. The van der Waals surface area contributed by atoms with Crippen LogP contribution in [0, 0.1) is 20.8 Å². The third-order valence-electron chi connectivity index (χ3n) is 3.16. The summed E-state index contributed by atoms with van der Waals surface area (Å²) >= 11 is 0. The Bertz CT molecular complexity index is 531. The van der Waals surface area contributed by atoms with Crippen LogP contribution in [-0.2, 0) is 6.54 Å². The normalized spacial score (nSPS) is 12.7. The Kier molecular flexibility index (Phi) is 3.82. The van der Waals surface area contributed by atoms with Crippen molar-refractivity contribution in [1.82, 2.24) is 10.5 Å². The summed E-state index contributed by atoms with van der Waals surface area (Å²) in [6.07, 6.45) is 0. The van der Waals surface area contributed by atoms with E-state index in [0.717, 1.165) is 11.5 Å². The van der Waals surface area contributed by atoms with Crippen LogP contribution in [0.3, 0.4) is 0 Å². The van der Waals surface area contributed by atoms with Crippen molar-refractivity contribution in [3.05, 3.63) is 52.4 Å². The molecule has 1 aromatic heterocycles. The number of benzene rings is 1. The molecule has 0 amide bonds. The largest absolute Gasteiger partial charge is 0.360 e. The highest BCUT2D eigenvalue weighted by atomic mass is 16.5. The van der Waals surface area contributed by atoms with E-state index >= 15 is 0 Å². The summed E-state index contributed by atoms with van der Waals surface area (Å²) in [7, 11) is 0. The maximum Gasteiger partial charge on any atom is 0.150 e. The van der Waals surface area contributed by atoms with E-state index < -0.39 is 0 Å². The van der Waals surface area contributed by atoms with Gasteiger partial charge < -0.3 is 9.84 Å². The number of aryl methyl sites for hydroxylation is 3. The van der Waals surface area contributed by atoms with Gasteiger partial charge in [0.15, 0.2) is 5.76 Å². The van der Waals surface area contributed by atoms with Gasteiger partial charge in [-0.3, -0.25) is 0 Å². The lowest BCUT2D eigenvalue weighted by Gasteiger charge is -2.16. The first kappa shape index (κ1) is 12.8. The van der Waals surface area contributed by atoms with Crippen molar-refractivity contribution >= 4 is 0 Å². The summed E-state index contributed by atoms with van der Waals surface area (Å²) in [4.78, 5) is 0. The van der Waals surface area contributed by atoms with Gasteiger partial charge in [-0.2, -0.15) is 0 Å². The smallest absolute Gasteiger partial charge is 0.150 e. The molecule has 1 unspecified atom stereocenters. The zero-order chi connectivity index (χ0) is 13.1. The Morgan fingerprint density at radius 1 is 1.22 bits per heavy atom. The van der Waals surface area contributed by atoms with E-state index in [0.29, 0.717) is 12.6 Å². The van der Waals surface area contributed by atoms with Crippen LogP contribution >= 0.6 is 0 Å². The lowest BCUT2D eigenvalue weighted by molar-refractivity contribution is 0.363. The average molecular weight is 244 g/mol. The molecule has 0 spiro atoms. The first-order valence-corrected chi connectivity index (χ1v) is 6.29. The molecule has 3 heteroatoms. The maximum absolute atomic E-state index is 5.19. The van der Waals surface area contributed by atoms with Crippen LogP contribution in [0.5, 0.6) is 0 Å². The molecular weight excluding hydrogens is 224 g/mol. The van der Waals surface area contributed by atoms with Crippen LogP contribution in [0.15, 0.2) is 28.8 Å². The van der Waals surface area contributed by atoms with Crippen LogP contribution in [0.4, 0.5) is 0 Å². The molecule has 0 radical (unpaired) electrons. The van der Waals surface area contributed by atoms with Gasteiger partial charge in [0.25, 0.3) is 0 Å². The molecular formula is C15H20N2O. The number of hydrogen-bond donors (Lipinski definition) is 1. The molecule has 0 saturated carbocycles. The molecule has 0 saturated heterocycles. The molecule has 1 N–H and O–H groups in total. The predicted octanol–water partition coefficient (Wildman–Crippen LogP) is 3.45. The van der Waals surface area contributed by atoms with Crippen molar-refractivity contribution in [2.24, 2.45) is 0 Å². The maximum atomic E-state index is 5.19. The highest BCUT2D eigenvalue weighted by Gasteiger charge is 2.09. The monoisotopic (exact) mass is 244 g/mol. The molecule has 2 aromatic rings. The van der Waals surface area contributed by atoms with E-state index in [1.54, 1.807) is 0 Å². The van der Waals surface area contributed by atoms with Gasteiger partial charge in [-0.05, 0) is 38.8 Å². The van der Waals surface area contributed by atoms with Crippen molar-refractivity contribution in [3.63, 3.8) is 0 Å². The number of nitrogens with zero attached hydrogens (tertiary/aromatic N) is 1. The summed E-state index contributed by atoms with van der Waals surface area (Å²) in [5.74, 6) is 0.879. The fourth-order valence-electron chi connectivity index (χ4n) is 2.09. The summed E-state index contributed by atoms with van der Waals surface area (Å²) in [6.45, 7) is 9.07. The third kappa shape index (κ3) is 2.99. The fraction of sp³-hybridized carbons (Fsp3) is 0.400. The summed E-state index contributed by atoms with van der Waals surface area (Å²) in [6, 6.07) is 8.81. The van der Waals surface area contributed by atoms with Gasteiger partial charge >= 0.3 is 0 Å². The van der Waals surface area contributed by atoms with Gasteiger partial charge in [0, 0.05) is 12.1 Å². The lowest BCUT2D eigenvalue weighted by Crippen LogP contribution is -2.18. The first-order valence-electron chi connectivity index (χ1n) is 6.29. The minimum absolute atomic E-state index is 0.301. The lowest BCUT2D eigenvalue weighted by atomic mass is 10.00. The molecule has 2 rings (SSSR count). The van der Waals surface area contributed by atoms with Gasteiger partial charge in [0.1, 0.15) is 0 Å². The molecule has 18 heavy (non-hydrogen) atoms. The van der Waals surface area contributed by atoms with E-state index in [4.69, 9.17) is 4.52 Å². The predicted molar refractivity (Wildman–Crippen MR) is 72.4 cm³/mol. The number of hydrogen-bond acceptors (Lipinski definition) is 3. The Hall–Kier alpha value is -1.61. The molecule has 0 aliphatic rings. The Morgan fingerprint density at radius 3 is 2.67 bits per heavy atom. The average Bonchev–Trinajstić information content (AvgIpc) is 2.75. The zero-order valence-corrected chi connectivity index (χ0v) is 11.4. The standard InChI is InChI=1S/C15H20N2O/c1-10-5-6-11(2)15(7-10)13(4)16-9-14-8-12(3)17-18-14/h5-8,13,16H,9H2,1-4H3. The van der Waals surface area contributed by atoms with Crippen LogP contribution in [0.1, 0.15) is 41.1 Å². The van der Waals surface area contributed by atoms with Crippen molar-refractivity contribution in [2.75, 3.05) is 0 Å². The molecule has 1 aromatic carbocycles. The third-order valence-corrected chi connectivity index (χ3v) is 3.16. The van der Waals surface area contributed by atoms with E-state index in [1.807, 2.05) is 13.0 Å². The molecule has 0 bridgehead atoms. The fourth-order valence-corrected chi connectivity index (χ4v) is 2.09. The Balaban J connectivity index is 2.03. The SMILES string of the molecule is Cc1ccc(C)c(C(C)NCc2cc(C)no2)c1. The minimum atomic E-state index is 0.301. The highest BCUT2D eigenvalue weighted by Crippen LogP contribution is 2.19. The quantitative estimate of drug-likeness (QED) is 0.895. The molecule has 0 fully saturated rings. The molecule has 3 nitrogen and oxygen atoms in total. The van der Waals surface area contributed by atoms with Crippen LogP contribution in [0.25, 0.3) is 0 Å². The number of nitrogens with one attached hydrogen (secondary N) is 1. The van der Waals surface area contributed by atoms with Crippen LogP contribution < -0.4 is 5.32 Å². The second kappa shape index (κ2) is 5.36. The number of aromatic nitrogens is 1. The van der Waals surface area contributed by atoms with Gasteiger partial charge in [-0.25, -0.2) is 0 Å². The van der Waals surface area contributed by atoms with Gasteiger partial charge in [0.05, 0.1) is 12.2 Å². The summed E-state index contributed by atoms with van der Waals surface area (Å²) < 4.78 is 5.19. The van der Waals surface area contributed by atoms with Gasteiger partial charge in [-0.1, -0.05) is 28.9 Å². The first-order chi connectivity index (χ1) is 8.56. The molecule has 0 aliphatic heterocycles. The second-order valence-corrected chi connectivity index (χ2v) is 4.90. The summed E-state index contributed by atoms with van der Waals surface area (Å²) in [5.41, 5.74) is 4.87. The second-order valence-electron chi connectivity index (χ2n) is 4.90. The molecule has 1 heterocycles. The van der Waals surface area contributed by atoms with Crippen molar-refractivity contribution in [3.8, 4) is 0 Å². The highest BCUT2D eigenvalue weighted by molar-refractivity contribution is 5.32. The van der Waals surface area contributed by atoms with Crippen molar-refractivity contribution in [2.45, 2.75) is 40.3 Å². The zero-order valence-electron chi connectivity index (χ0n) is 11.4. The van der Waals surface area contributed by atoms with Gasteiger partial charge in [-0.15, -0.1) is 0 Å². The van der Waals surface area contributed by atoms with E-state index in [-0.39, 0.29) is 0 Å². The van der Waals surface area contributed by atoms with Crippen LogP contribution in [-0.4, -0.2) is 5.16 Å².